The van der Waals surface area contributed by atoms with E-state index in [0.717, 1.165) is 11.1 Å². The van der Waals surface area contributed by atoms with Crippen LogP contribution in [0.2, 0.25) is 0 Å². The lowest BCUT2D eigenvalue weighted by Crippen LogP contribution is -2.09. The third-order valence-corrected chi connectivity index (χ3v) is 6.99. The standard InChI is InChI=1S/C26H21FN6O3S/c1-17-2-3-25(37(34,35)36)19(8-17)4-6-33-24-10-20(12-28)22(27)11-23(24)31-26(33)21-9-18(13-30-14-21)15-32-7-5-29-16-32/h2-3,5,7-11,13-14,16H,4,6,15H2,1H3,(H,34,35,36). The minimum Gasteiger partial charge on any atom is -0.333 e. The highest BCUT2D eigenvalue weighted by Gasteiger charge is 2.19. The van der Waals surface area contributed by atoms with Gasteiger partial charge in [-0.25, -0.2) is 14.4 Å². The van der Waals surface area contributed by atoms with E-state index in [-0.39, 0.29) is 23.4 Å². The predicted molar refractivity (Wildman–Crippen MR) is 134 cm³/mol. The zero-order valence-electron chi connectivity index (χ0n) is 19.7. The van der Waals surface area contributed by atoms with Crippen molar-refractivity contribution in [2.75, 3.05) is 0 Å². The van der Waals surface area contributed by atoms with Gasteiger partial charge in [-0.15, -0.1) is 0 Å². The van der Waals surface area contributed by atoms with E-state index in [1.807, 2.05) is 34.4 Å². The van der Waals surface area contributed by atoms with Crippen LogP contribution < -0.4 is 0 Å². The minimum absolute atomic E-state index is 0.124. The first kappa shape index (κ1) is 24.3. The molecule has 2 aromatic carbocycles. The number of aryl methyl sites for hydroxylation is 3. The normalized spacial score (nSPS) is 11.6. The van der Waals surface area contributed by atoms with Crippen LogP contribution in [0.4, 0.5) is 4.39 Å². The number of rotatable bonds is 7. The van der Waals surface area contributed by atoms with Crippen molar-refractivity contribution in [3.63, 3.8) is 0 Å². The van der Waals surface area contributed by atoms with E-state index in [4.69, 9.17) is 0 Å². The molecule has 0 unspecified atom stereocenters. The summed E-state index contributed by atoms with van der Waals surface area (Å²) in [7, 11) is -4.43. The smallest absolute Gasteiger partial charge is 0.294 e. The van der Waals surface area contributed by atoms with Crippen molar-refractivity contribution in [1.82, 2.24) is 24.1 Å². The summed E-state index contributed by atoms with van der Waals surface area (Å²) < 4.78 is 51.8. The first-order valence-electron chi connectivity index (χ1n) is 11.3. The third kappa shape index (κ3) is 4.97. The first-order valence-corrected chi connectivity index (χ1v) is 12.7. The Labute approximate surface area is 212 Å². The molecule has 0 fully saturated rings. The molecule has 1 N–H and O–H groups in total. The number of hydrogen-bond acceptors (Lipinski definition) is 6. The Kier molecular flexibility index (Phi) is 6.29. The maximum atomic E-state index is 14.4. The fourth-order valence-corrected chi connectivity index (χ4v) is 5.09. The quantitative estimate of drug-likeness (QED) is 0.322. The molecule has 0 aliphatic heterocycles. The minimum atomic E-state index is -4.43. The monoisotopic (exact) mass is 516 g/mol. The molecule has 5 aromatic rings. The van der Waals surface area contributed by atoms with Crippen LogP contribution in [0.5, 0.6) is 0 Å². The highest BCUT2D eigenvalue weighted by molar-refractivity contribution is 7.85. The SMILES string of the molecule is Cc1ccc(S(=O)(=O)O)c(CCn2c(-c3cncc(Cn4ccnc4)c3)nc3cc(F)c(C#N)cc32)c1. The zero-order chi connectivity index (χ0) is 26.2. The Balaban J connectivity index is 1.61. The molecule has 11 heteroatoms. The second-order valence-corrected chi connectivity index (χ2v) is 10.1. The molecule has 3 heterocycles. The van der Waals surface area contributed by atoms with Crippen molar-refractivity contribution in [3.05, 3.63) is 95.6 Å². The molecule has 0 amide bonds. The highest BCUT2D eigenvalue weighted by Crippen LogP contribution is 2.28. The molecule has 0 bridgehead atoms. The number of pyridine rings is 1. The van der Waals surface area contributed by atoms with E-state index in [1.54, 1.807) is 37.1 Å². The Bertz CT molecular complexity index is 1770. The molecular formula is C26H21FN6O3S. The van der Waals surface area contributed by atoms with E-state index in [9.17, 15) is 22.6 Å². The average Bonchev–Trinajstić information content (AvgIpc) is 3.49. The molecule has 0 atom stereocenters. The molecular weight excluding hydrogens is 495 g/mol. The van der Waals surface area contributed by atoms with E-state index in [1.165, 1.54) is 18.2 Å². The molecule has 0 spiro atoms. The summed E-state index contributed by atoms with van der Waals surface area (Å²) in [6.45, 7) is 2.62. The van der Waals surface area contributed by atoms with Crippen LogP contribution in [0.15, 0.2) is 72.4 Å². The molecule has 0 saturated heterocycles. The summed E-state index contributed by atoms with van der Waals surface area (Å²) in [5.74, 6) is -0.184. The Hall–Kier alpha value is -4.40. The van der Waals surface area contributed by atoms with Crippen molar-refractivity contribution in [1.29, 1.82) is 5.26 Å². The number of imidazole rings is 2. The molecule has 186 valence electrons. The van der Waals surface area contributed by atoms with E-state index < -0.39 is 15.9 Å². The molecule has 9 nitrogen and oxygen atoms in total. The number of nitrogens with zero attached hydrogens (tertiary/aromatic N) is 6. The largest absolute Gasteiger partial charge is 0.333 e. The lowest BCUT2D eigenvalue weighted by Gasteiger charge is -2.13. The Morgan fingerprint density at radius 3 is 2.70 bits per heavy atom. The van der Waals surface area contributed by atoms with Gasteiger partial charge in [0.1, 0.15) is 17.7 Å². The highest BCUT2D eigenvalue weighted by atomic mass is 32.2. The van der Waals surface area contributed by atoms with Crippen molar-refractivity contribution in [3.8, 4) is 17.5 Å². The number of benzene rings is 2. The average molecular weight is 517 g/mol. The number of hydrogen-bond donors (Lipinski definition) is 1. The van der Waals surface area contributed by atoms with E-state index in [0.29, 0.717) is 34.5 Å². The van der Waals surface area contributed by atoms with Gasteiger partial charge in [-0.1, -0.05) is 17.7 Å². The van der Waals surface area contributed by atoms with Crippen molar-refractivity contribution in [2.24, 2.45) is 0 Å². The van der Waals surface area contributed by atoms with E-state index in [2.05, 4.69) is 15.0 Å². The maximum absolute atomic E-state index is 14.4. The lowest BCUT2D eigenvalue weighted by molar-refractivity contribution is 0.481. The molecule has 5 rings (SSSR count). The lowest BCUT2D eigenvalue weighted by atomic mass is 10.1. The van der Waals surface area contributed by atoms with Gasteiger partial charge in [0, 0.05) is 43.0 Å². The van der Waals surface area contributed by atoms with Crippen LogP contribution in [0.25, 0.3) is 22.4 Å². The molecule has 0 radical (unpaired) electrons. The summed E-state index contributed by atoms with van der Waals surface area (Å²) >= 11 is 0. The van der Waals surface area contributed by atoms with Crippen LogP contribution in [-0.2, 0) is 29.6 Å². The third-order valence-electron chi connectivity index (χ3n) is 6.03. The number of fused-ring (bicyclic) bond motifs is 1. The van der Waals surface area contributed by atoms with Crippen LogP contribution in [0.1, 0.15) is 22.3 Å². The number of nitriles is 1. The van der Waals surface area contributed by atoms with Gasteiger partial charge >= 0.3 is 0 Å². The van der Waals surface area contributed by atoms with Gasteiger partial charge < -0.3 is 9.13 Å². The fourth-order valence-electron chi connectivity index (χ4n) is 4.35. The Morgan fingerprint density at radius 1 is 1.14 bits per heavy atom. The van der Waals surface area contributed by atoms with Crippen LogP contribution in [0, 0.1) is 24.1 Å². The van der Waals surface area contributed by atoms with Gasteiger partial charge in [-0.2, -0.15) is 13.7 Å². The van der Waals surface area contributed by atoms with Crippen molar-refractivity contribution >= 4 is 21.2 Å². The van der Waals surface area contributed by atoms with Crippen LogP contribution in [0.3, 0.4) is 0 Å². The van der Waals surface area contributed by atoms with Gasteiger partial charge in [0.05, 0.1) is 34.4 Å². The summed E-state index contributed by atoms with van der Waals surface area (Å²) in [4.78, 5) is 12.9. The first-order chi connectivity index (χ1) is 17.7. The Morgan fingerprint density at radius 2 is 1.97 bits per heavy atom. The van der Waals surface area contributed by atoms with Gasteiger partial charge in [0.15, 0.2) is 0 Å². The maximum Gasteiger partial charge on any atom is 0.294 e. The second kappa shape index (κ2) is 9.57. The van der Waals surface area contributed by atoms with Gasteiger partial charge in [-0.3, -0.25) is 9.54 Å². The number of aromatic nitrogens is 5. The molecule has 0 aliphatic rings. The summed E-state index contributed by atoms with van der Waals surface area (Å²) in [6, 6.07) is 11.1. The second-order valence-electron chi connectivity index (χ2n) is 8.67. The van der Waals surface area contributed by atoms with Gasteiger partial charge in [0.25, 0.3) is 10.1 Å². The molecule has 0 aliphatic carbocycles. The summed E-state index contributed by atoms with van der Waals surface area (Å²) in [5, 5.41) is 9.38. The number of halogens is 1. The van der Waals surface area contributed by atoms with Crippen molar-refractivity contribution in [2.45, 2.75) is 31.3 Å². The predicted octanol–water partition coefficient (Wildman–Crippen LogP) is 4.15. The molecule has 3 aromatic heterocycles. The van der Waals surface area contributed by atoms with Crippen LogP contribution >= 0.6 is 0 Å². The molecule has 37 heavy (non-hydrogen) atoms. The van der Waals surface area contributed by atoms with Crippen LogP contribution in [-0.4, -0.2) is 37.1 Å². The zero-order valence-corrected chi connectivity index (χ0v) is 20.5. The molecule has 0 saturated carbocycles. The fraction of sp³-hybridized carbons (Fsp3) is 0.154. The summed E-state index contributed by atoms with van der Waals surface area (Å²) in [6.07, 6.45) is 8.83. The van der Waals surface area contributed by atoms with Crippen molar-refractivity contribution < 1.29 is 17.4 Å². The van der Waals surface area contributed by atoms with E-state index >= 15 is 0 Å². The van der Waals surface area contributed by atoms with Gasteiger partial charge in [0.2, 0.25) is 0 Å². The summed E-state index contributed by atoms with van der Waals surface area (Å²) in [5.41, 5.74) is 3.59. The van der Waals surface area contributed by atoms with Gasteiger partial charge in [-0.05, 0) is 42.7 Å². The topological polar surface area (TPSA) is 127 Å².